The Kier molecular flexibility index (Phi) is 3.26. The molecule has 1 aromatic carbocycles. The third kappa shape index (κ3) is 2.43. The van der Waals surface area contributed by atoms with Crippen LogP contribution in [0.4, 0.5) is 0 Å². The Morgan fingerprint density at radius 2 is 2.12 bits per heavy atom. The molecule has 1 heterocycles. The van der Waals surface area contributed by atoms with Gasteiger partial charge in [-0.3, -0.25) is 4.79 Å². The van der Waals surface area contributed by atoms with Crippen LogP contribution in [0.3, 0.4) is 0 Å². The SMILES string of the molecule is COCC(=O)COc1ccc2c(c1)OCO2. The van der Waals surface area contributed by atoms with E-state index < -0.39 is 0 Å². The first-order valence-electron chi connectivity index (χ1n) is 4.82. The molecular weight excluding hydrogens is 212 g/mol. The smallest absolute Gasteiger partial charge is 0.231 e. The van der Waals surface area contributed by atoms with Gasteiger partial charge < -0.3 is 18.9 Å². The molecule has 0 saturated heterocycles. The highest BCUT2D eigenvalue weighted by Gasteiger charge is 2.14. The number of ether oxygens (including phenoxy) is 4. The Balaban J connectivity index is 1.93. The van der Waals surface area contributed by atoms with Crippen LogP contribution in [-0.4, -0.2) is 32.9 Å². The zero-order chi connectivity index (χ0) is 11.4. The second kappa shape index (κ2) is 4.85. The largest absolute Gasteiger partial charge is 0.486 e. The molecule has 0 fully saturated rings. The Bertz CT molecular complexity index is 388. The van der Waals surface area contributed by atoms with Gasteiger partial charge in [0, 0.05) is 13.2 Å². The summed E-state index contributed by atoms with van der Waals surface area (Å²) >= 11 is 0. The predicted octanol–water partition coefficient (Wildman–Crippen LogP) is 1.01. The minimum atomic E-state index is -0.111. The van der Waals surface area contributed by atoms with Crippen molar-refractivity contribution < 1.29 is 23.7 Å². The van der Waals surface area contributed by atoms with E-state index in [-0.39, 0.29) is 25.8 Å². The highest BCUT2D eigenvalue weighted by atomic mass is 16.7. The number of fused-ring (bicyclic) bond motifs is 1. The fourth-order valence-electron chi connectivity index (χ4n) is 1.33. The minimum Gasteiger partial charge on any atom is -0.486 e. The molecule has 0 unspecified atom stereocenters. The summed E-state index contributed by atoms with van der Waals surface area (Å²) in [6, 6.07) is 5.18. The van der Waals surface area contributed by atoms with E-state index >= 15 is 0 Å². The molecule has 86 valence electrons. The average molecular weight is 224 g/mol. The minimum absolute atomic E-state index is 0.00646. The van der Waals surface area contributed by atoms with E-state index in [0.717, 1.165) is 0 Å². The Morgan fingerprint density at radius 1 is 1.31 bits per heavy atom. The van der Waals surface area contributed by atoms with Crippen molar-refractivity contribution in [2.75, 3.05) is 27.1 Å². The van der Waals surface area contributed by atoms with Crippen molar-refractivity contribution in [2.45, 2.75) is 0 Å². The fourth-order valence-corrected chi connectivity index (χ4v) is 1.33. The van der Waals surface area contributed by atoms with Gasteiger partial charge in [0.1, 0.15) is 19.0 Å². The molecule has 0 spiro atoms. The molecule has 0 saturated carbocycles. The molecule has 1 aliphatic rings. The van der Waals surface area contributed by atoms with E-state index in [2.05, 4.69) is 0 Å². The van der Waals surface area contributed by atoms with Crippen molar-refractivity contribution in [3.8, 4) is 17.2 Å². The van der Waals surface area contributed by atoms with Crippen molar-refractivity contribution in [3.05, 3.63) is 18.2 Å². The first-order chi connectivity index (χ1) is 7.79. The molecule has 0 bridgehead atoms. The quantitative estimate of drug-likeness (QED) is 0.747. The summed E-state index contributed by atoms with van der Waals surface area (Å²) in [5.74, 6) is 1.79. The van der Waals surface area contributed by atoms with Gasteiger partial charge in [-0.25, -0.2) is 0 Å². The number of benzene rings is 1. The first-order valence-corrected chi connectivity index (χ1v) is 4.82. The van der Waals surface area contributed by atoms with E-state index in [4.69, 9.17) is 18.9 Å². The van der Waals surface area contributed by atoms with Crippen molar-refractivity contribution in [3.63, 3.8) is 0 Å². The molecule has 0 atom stereocenters. The number of hydrogen-bond donors (Lipinski definition) is 0. The topological polar surface area (TPSA) is 54.0 Å². The fraction of sp³-hybridized carbons (Fsp3) is 0.364. The molecule has 0 N–H and O–H groups in total. The monoisotopic (exact) mass is 224 g/mol. The second-order valence-corrected chi connectivity index (χ2v) is 3.28. The maximum absolute atomic E-state index is 11.1. The van der Waals surface area contributed by atoms with Gasteiger partial charge in [-0.1, -0.05) is 0 Å². The lowest BCUT2D eigenvalue weighted by molar-refractivity contribution is -0.124. The first kappa shape index (κ1) is 10.8. The number of carbonyl (C=O) groups is 1. The maximum Gasteiger partial charge on any atom is 0.231 e. The lowest BCUT2D eigenvalue weighted by Crippen LogP contribution is -2.16. The molecule has 0 radical (unpaired) electrons. The summed E-state index contributed by atoms with van der Waals surface area (Å²) in [6.45, 7) is 0.277. The summed E-state index contributed by atoms with van der Waals surface area (Å²) in [4.78, 5) is 11.1. The molecule has 0 aliphatic carbocycles. The van der Waals surface area contributed by atoms with Crippen LogP contribution in [0.5, 0.6) is 17.2 Å². The van der Waals surface area contributed by atoms with Gasteiger partial charge in [-0.05, 0) is 12.1 Å². The van der Waals surface area contributed by atoms with Crippen LogP contribution >= 0.6 is 0 Å². The highest BCUT2D eigenvalue weighted by molar-refractivity contribution is 5.81. The lowest BCUT2D eigenvalue weighted by Gasteiger charge is -2.05. The van der Waals surface area contributed by atoms with E-state index in [1.807, 2.05) is 0 Å². The highest BCUT2D eigenvalue weighted by Crippen LogP contribution is 2.34. The zero-order valence-corrected chi connectivity index (χ0v) is 8.89. The van der Waals surface area contributed by atoms with Gasteiger partial charge >= 0.3 is 0 Å². The van der Waals surface area contributed by atoms with Crippen LogP contribution in [0.25, 0.3) is 0 Å². The summed E-state index contributed by atoms with van der Waals surface area (Å²) in [5, 5.41) is 0. The lowest BCUT2D eigenvalue weighted by atomic mass is 10.3. The molecule has 5 heteroatoms. The molecule has 1 aromatic rings. The summed E-state index contributed by atoms with van der Waals surface area (Å²) in [7, 11) is 1.47. The molecule has 2 rings (SSSR count). The van der Waals surface area contributed by atoms with Crippen LogP contribution in [0.15, 0.2) is 18.2 Å². The van der Waals surface area contributed by atoms with Gasteiger partial charge in [-0.2, -0.15) is 0 Å². The molecule has 0 aromatic heterocycles. The van der Waals surface area contributed by atoms with Crippen LogP contribution in [0.1, 0.15) is 0 Å². The number of methoxy groups -OCH3 is 1. The van der Waals surface area contributed by atoms with E-state index in [1.54, 1.807) is 18.2 Å². The number of ketones is 1. The number of carbonyl (C=O) groups excluding carboxylic acids is 1. The number of hydrogen-bond acceptors (Lipinski definition) is 5. The van der Waals surface area contributed by atoms with E-state index in [1.165, 1.54) is 7.11 Å². The van der Waals surface area contributed by atoms with Gasteiger partial charge in [0.25, 0.3) is 0 Å². The molecule has 5 nitrogen and oxygen atoms in total. The number of Topliss-reactive ketones (excluding diaryl/α,β-unsaturated/α-hetero) is 1. The summed E-state index contributed by atoms with van der Waals surface area (Å²) in [5.41, 5.74) is 0. The summed E-state index contributed by atoms with van der Waals surface area (Å²) < 4.78 is 20.3. The van der Waals surface area contributed by atoms with Crippen LogP contribution < -0.4 is 14.2 Å². The van der Waals surface area contributed by atoms with E-state index in [0.29, 0.717) is 17.2 Å². The Hall–Kier alpha value is -1.75. The van der Waals surface area contributed by atoms with Gasteiger partial charge in [0.05, 0.1) is 0 Å². The average Bonchev–Trinajstić information content (AvgIpc) is 2.74. The third-order valence-electron chi connectivity index (χ3n) is 2.05. The number of rotatable bonds is 5. The van der Waals surface area contributed by atoms with Gasteiger partial charge in [0.2, 0.25) is 6.79 Å². The van der Waals surface area contributed by atoms with Crippen LogP contribution in [0.2, 0.25) is 0 Å². The maximum atomic E-state index is 11.1. The predicted molar refractivity (Wildman–Crippen MR) is 54.9 cm³/mol. The Morgan fingerprint density at radius 3 is 2.94 bits per heavy atom. The standard InChI is InChI=1S/C11H12O5/c1-13-5-8(12)6-14-9-2-3-10-11(4-9)16-7-15-10/h2-4H,5-7H2,1H3. The normalized spacial score (nSPS) is 12.6. The van der Waals surface area contributed by atoms with Gasteiger partial charge in [0.15, 0.2) is 17.3 Å². The Labute approximate surface area is 92.9 Å². The van der Waals surface area contributed by atoms with E-state index in [9.17, 15) is 4.79 Å². The van der Waals surface area contributed by atoms with Crippen molar-refractivity contribution in [1.82, 2.24) is 0 Å². The zero-order valence-electron chi connectivity index (χ0n) is 8.89. The molecule has 1 aliphatic heterocycles. The second-order valence-electron chi connectivity index (χ2n) is 3.28. The van der Waals surface area contributed by atoms with Crippen molar-refractivity contribution in [1.29, 1.82) is 0 Å². The van der Waals surface area contributed by atoms with Crippen molar-refractivity contribution >= 4 is 5.78 Å². The van der Waals surface area contributed by atoms with Gasteiger partial charge in [-0.15, -0.1) is 0 Å². The molecular formula is C11H12O5. The van der Waals surface area contributed by atoms with Crippen molar-refractivity contribution in [2.24, 2.45) is 0 Å². The third-order valence-corrected chi connectivity index (χ3v) is 2.05. The summed E-state index contributed by atoms with van der Waals surface area (Å²) in [6.07, 6.45) is 0. The molecule has 16 heavy (non-hydrogen) atoms. The molecule has 0 amide bonds. The van der Waals surface area contributed by atoms with Crippen LogP contribution in [-0.2, 0) is 9.53 Å². The van der Waals surface area contributed by atoms with Crippen LogP contribution in [0, 0.1) is 0 Å².